The van der Waals surface area contributed by atoms with Crippen LogP contribution in [0.5, 0.6) is 11.5 Å². The molecule has 1 aromatic rings. The molecular weight excluding hydrogens is 327 g/mol. The van der Waals surface area contributed by atoms with E-state index in [4.69, 9.17) is 15.9 Å². The molecule has 0 amide bonds. The van der Waals surface area contributed by atoms with Gasteiger partial charge >= 0.3 is 12.3 Å². The predicted molar refractivity (Wildman–Crippen MR) is 81.2 cm³/mol. The van der Waals surface area contributed by atoms with Crippen LogP contribution in [0.1, 0.15) is 12.5 Å². The Kier molecular flexibility index (Phi) is 4.88. The number of quaternary nitrogens is 1. The van der Waals surface area contributed by atoms with E-state index in [1.165, 1.54) is 37.6 Å². The summed E-state index contributed by atoms with van der Waals surface area (Å²) in [4.78, 5) is 0. The van der Waals surface area contributed by atoms with Gasteiger partial charge in [0.05, 0.1) is 12.7 Å². The Morgan fingerprint density at radius 1 is 1.33 bits per heavy atom. The Hall–Kier alpha value is -2.88. The maximum Gasteiger partial charge on any atom is 0.573 e. The Bertz CT molecular complexity index is 753. The molecule has 0 radical (unpaired) electrons. The number of guanidine groups is 1. The minimum Gasteiger partial charge on any atom is -0.497 e. The first-order chi connectivity index (χ1) is 11.2. The molecule has 5 N–H and O–H groups in total. The summed E-state index contributed by atoms with van der Waals surface area (Å²) in [6, 6.07) is 3.94. The van der Waals surface area contributed by atoms with Gasteiger partial charge in [-0.3, -0.25) is 0 Å². The third kappa shape index (κ3) is 4.32. The molecule has 0 spiro atoms. The van der Waals surface area contributed by atoms with Crippen molar-refractivity contribution >= 4 is 17.4 Å². The monoisotopic (exact) mass is 342 g/mol. The normalized spacial score (nSPS) is 16.5. The smallest absolute Gasteiger partial charge is 0.497 e. The lowest BCUT2D eigenvalue weighted by atomic mass is 10.0. The Morgan fingerprint density at radius 2 is 2.04 bits per heavy atom. The summed E-state index contributed by atoms with van der Waals surface area (Å²) in [5.74, 6) is -0.216. The third-order valence-corrected chi connectivity index (χ3v) is 2.88. The fraction of sp³-hybridized carbons (Fsp3) is 0.214. The quantitative estimate of drug-likeness (QED) is 0.713. The number of nitrogens with two attached hydrogens (primary N) is 2. The molecule has 2 rings (SSSR count). The molecule has 0 aliphatic carbocycles. The van der Waals surface area contributed by atoms with Gasteiger partial charge in [-0.15, -0.1) is 18.3 Å². The van der Waals surface area contributed by atoms with E-state index in [0.717, 1.165) is 6.07 Å². The number of nitrogens with zero attached hydrogens (tertiary/aromatic N) is 2. The molecule has 0 aromatic heterocycles. The van der Waals surface area contributed by atoms with Crippen LogP contribution in [0.4, 0.5) is 13.2 Å². The molecule has 1 aromatic carbocycles. The van der Waals surface area contributed by atoms with Crippen molar-refractivity contribution in [3.8, 4) is 11.5 Å². The van der Waals surface area contributed by atoms with Crippen LogP contribution in [0.15, 0.2) is 40.2 Å². The SMILES string of the molecule is COc1ccc(C2=NN=C(N)[NH2+]/C2=C\C(C)=N)c(OC(F)(F)F)c1. The second-order valence-corrected chi connectivity index (χ2v) is 4.81. The van der Waals surface area contributed by atoms with E-state index in [1.54, 1.807) is 0 Å². The highest BCUT2D eigenvalue weighted by Crippen LogP contribution is 2.31. The maximum absolute atomic E-state index is 12.7. The zero-order valence-corrected chi connectivity index (χ0v) is 12.8. The maximum atomic E-state index is 12.7. The summed E-state index contributed by atoms with van der Waals surface area (Å²) in [5, 5.41) is 16.5. The average molecular weight is 342 g/mol. The molecule has 10 heteroatoms. The largest absolute Gasteiger partial charge is 0.573 e. The fourth-order valence-corrected chi connectivity index (χ4v) is 2.01. The predicted octanol–water partition coefficient (Wildman–Crippen LogP) is 1.11. The van der Waals surface area contributed by atoms with Gasteiger partial charge in [-0.25, -0.2) is 5.32 Å². The molecule has 7 nitrogen and oxygen atoms in total. The Balaban J connectivity index is 2.58. The highest BCUT2D eigenvalue weighted by Gasteiger charge is 2.34. The van der Waals surface area contributed by atoms with E-state index < -0.39 is 12.1 Å². The minimum absolute atomic E-state index is 0.0492. The molecule has 1 aliphatic heterocycles. The second kappa shape index (κ2) is 6.71. The van der Waals surface area contributed by atoms with E-state index >= 15 is 0 Å². The standard InChI is InChI=1S/C14H14F3N5O2/c1-7(18)5-10-12(21-22-13(19)20-10)9-4-3-8(23-2)6-11(9)24-14(15,16)17/h3-6,18H,1-2H3,(H3,19,20,22)/p+1/b10-5-,18-7?. The average Bonchev–Trinajstić information content (AvgIpc) is 2.45. The van der Waals surface area contributed by atoms with E-state index in [1.807, 2.05) is 0 Å². The van der Waals surface area contributed by atoms with Crippen molar-refractivity contribution in [3.63, 3.8) is 0 Å². The van der Waals surface area contributed by atoms with Gasteiger partial charge in [0.1, 0.15) is 11.5 Å². The summed E-state index contributed by atoms with van der Waals surface area (Å²) < 4.78 is 47.1. The summed E-state index contributed by atoms with van der Waals surface area (Å²) in [7, 11) is 1.33. The van der Waals surface area contributed by atoms with Crippen LogP contribution in [0.3, 0.4) is 0 Å². The first-order valence-electron chi connectivity index (χ1n) is 6.67. The van der Waals surface area contributed by atoms with Crippen LogP contribution in [0.25, 0.3) is 0 Å². The molecule has 24 heavy (non-hydrogen) atoms. The molecule has 0 fully saturated rings. The highest BCUT2D eigenvalue weighted by atomic mass is 19.4. The van der Waals surface area contributed by atoms with Gasteiger partial charge in [0.2, 0.25) is 0 Å². The van der Waals surface area contributed by atoms with Gasteiger partial charge in [-0.05, 0) is 19.1 Å². The van der Waals surface area contributed by atoms with Gasteiger partial charge in [-0.2, -0.15) is 0 Å². The van der Waals surface area contributed by atoms with Crippen molar-refractivity contribution in [1.82, 2.24) is 0 Å². The van der Waals surface area contributed by atoms with Gasteiger partial charge in [-0.1, -0.05) is 5.10 Å². The number of hydrogen-bond donors (Lipinski definition) is 3. The number of methoxy groups -OCH3 is 1. The van der Waals surface area contributed by atoms with E-state index in [0.29, 0.717) is 5.70 Å². The minimum atomic E-state index is -4.89. The van der Waals surface area contributed by atoms with Crippen molar-refractivity contribution in [3.05, 3.63) is 35.5 Å². The number of halogens is 3. The number of allylic oxidation sites excluding steroid dienone is 2. The molecule has 0 saturated carbocycles. The van der Waals surface area contributed by atoms with Crippen molar-refractivity contribution < 1.29 is 28.0 Å². The first kappa shape index (κ1) is 17.5. The lowest BCUT2D eigenvalue weighted by molar-refractivity contribution is -0.477. The number of alkyl halides is 3. The first-order valence-corrected chi connectivity index (χ1v) is 6.67. The fourth-order valence-electron chi connectivity index (χ4n) is 2.01. The van der Waals surface area contributed by atoms with Crippen LogP contribution in [-0.2, 0) is 0 Å². The zero-order valence-electron chi connectivity index (χ0n) is 12.8. The van der Waals surface area contributed by atoms with Gasteiger partial charge in [0.15, 0.2) is 11.4 Å². The third-order valence-electron chi connectivity index (χ3n) is 2.88. The van der Waals surface area contributed by atoms with Crippen molar-refractivity contribution in [2.75, 3.05) is 7.11 Å². The lowest BCUT2D eigenvalue weighted by Crippen LogP contribution is -2.90. The number of ether oxygens (including phenoxy) is 2. The molecule has 0 bridgehead atoms. The number of nitrogens with one attached hydrogen (secondary N) is 1. The van der Waals surface area contributed by atoms with Gasteiger partial charge in [0, 0.05) is 17.9 Å². The molecule has 128 valence electrons. The number of hydrogen-bond acceptors (Lipinski definition) is 6. The lowest BCUT2D eigenvalue weighted by Gasteiger charge is -2.17. The zero-order chi connectivity index (χ0) is 17.9. The summed E-state index contributed by atoms with van der Waals surface area (Å²) in [6.07, 6.45) is -3.47. The number of benzene rings is 1. The van der Waals surface area contributed by atoms with Gasteiger partial charge < -0.3 is 20.6 Å². The van der Waals surface area contributed by atoms with Crippen LogP contribution < -0.4 is 20.5 Å². The summed E-state index contributed by atoms with van der Waals surface area (Å²) in [5.41, 5.74) is 6.26. The van der Waals surface area contributed by atoms with E-state index in [2.05, 4.69) is 14.9 Å². The van der Waals surface area contributed by atoms with Crippen molar-refractivity contribution in [1.29, 1.82) is 5.41 Å². The van der Waals surface area contributed by atoms with E-state index in [9.17, 15) is 13.2 Å². The summed E-state index contributed by atoms with van der Waals surface area (Å²) in [6.45, 7) is 1.52. The van der Waals surface area contributed by atoms with Crippen LogP contribution in [-0.4, -0.2) is 30.9 Å². The van der Waals surface area contributed by atoms with Gasteiger partial charge in [0.25, 0.3) is 0 Å². The van der Waals surface area contributed by atoms with Crippen LogP contribution >= 0.6 is 0 Å². The van der Waals surface area contributed by atoms with Crippen molar-refractivity contribution in [2.45, 2.75) is 13.3 Å². The topological polar surface area (TPSA) is 110 Å². The molecule has 0 saturated heterocycles. The van der Waals surface area contributed by atoms with Crippen LogP contribution in [0.2, 0.25) is 0 Å². The molecular formula is C14H15F3N5O2+. The Labute approximate surface area is 135 Å². The Morgan fingerprint density at radius 3 is 2.62 bits per heavy atom. The van der Waals surface area contributed by atoms with Crippen LogP contribution in [0, 0.1) is 5.41 Å². The van der Waals surface area contributed by atoms with Crippen molar-refractivity contribution in [2.24, 2.45) is 15.9 Å². The summed E-state index contributed by atoms with van der Waals surface area (Å²) >= 11 is 0. The molecule has 1 heterocycles. The van der Waals surface area contributed by atoms with E-state index in [-0.39, 0.29) is 28.7 Å². The molecule has 0 atom stereocenters. The highest BCUT2D eigenvalue weighted by molar-refractivity contribution is 6.16. The second-order valence-electron chi connectivity index (χ2n) is 4.81. The molecule has 0 unspecified atom stereocenters. The molecule has 1 aliphatic rings. The number of rotatable bonds is 4.